The first-order valence-corrected chi connectivity index (χ1v) is 6.52. The van der Waals surface area contributed by atoms with E-state index >= 15 is 0 Å². The maximum atomic E-state index is 8.36. The summed E-state index contributed by atoms with van der Waals surface area (Å²) in [5.41, 5.74) is 0.928. The number of aromatic amines is 1. The predicted molar refractivity (Wildman–Crippen MR) is 75.4 cm³/mol. The zero-order valence-electron chi connectivity index (χ0n) is 11.4. The fraction of sp³-hybridized carbons (Fsp3) is 0.615. The Kier molecular flexibility index (Phi) is 3.91. The van der Waals surface area contributed by atoms with Crippen LogP contribution in [0.3, 0.4) is 0 Å². The molecule has 0 saturated carbocycles. The number of hydrogen-bond acceptors (Lipinski definition) is 3. The Morgan fingerprint density at radius 2 is 2.33 bits per heavy atom. The summed E-state index contributed by atoms with van der Waals surface area (Å²) in [6, 6.07) is 2.34. The van der Waals surface area contributed by atoms with Gasteiger partial charge in [-0.3, -0.25) is 5.41 Å². The first-order chi connectivity index (χ1) is 8.65. The minimum Gasteiger partial charge on any atom is -0.374 e. The van der Waals surface area contributed by atoms with Crippen molar-refractivity contribution in [3.63, 3.8) is 0 Å². The SMILES string of the molecule is CNc1[nH]ccc1C(=N)N(C)[C@H]1CNCC[C@H]1C. The summed E-state index contributed by atoms with van der Waals surface area (Å²) in [5.74, 6) is 2.10. The average Bonchev–Trinajstić information content (AvgIpc) is 2.86. The second-order valence-corrected chi connectivity index (χ2v) is 5.01. The summed E-state index contributed by atoms with van der Waals surface area (Å²) in [4.78, 5) is 5.20. The third-order valence-electron chi connectivity index (χ3n) is 3.89. The molecule has 0 spiro atoms. The van der Waals surface area contributed by atoms with Crippen LogP contribution in [0.25, 0.3) is 0 Å². The molecule has 5 nitrogen and oxygen atoms in total. The molecule has 100 valence electrons. The number of nitrogens with zero attached hydrogens (tertiary/aromatic N) is 1. The van der Waals surface area contributed by atoms with E-state index in [1.54, 1.807) is 0 Å². The lowest BCUT2D eigenvalue weighted by atomic mass is 9.93. The molecule has 2 rings (SSSR count). The lowest BCUT2D eigenvalue weighted by molar-refractivity contribution is 0.219. The van der Waals surface area contributed by atoms with E-state index in [9.17, 15) is 0 Å². The highest BCUT2D eigenvalue weighted by Crippen LogP contribution is 2.21. The second kappa shape index (κ2) is 5.44. The van der Waals surface area contributed by atoms with E-state index in [4.69, 9.17) is 5.41 Å². The van der Waals surface area contributed by atoms with Crippen LogP contribution in [0.4, 0.5) is 5.82 Å². The molecule has 2 heterocycles. The molecular formula is C13H23N5. The van der Waals surface area contributed by atoms with Gasteiger partial charge < -0.3 is 20.5 Å². The minimum absolute atomic E-state index is 0.394. The van der Waals surface area contributed by atoms with Crippen molar-refractivity contribution in [1.82, 2.24) is 15.2 Å². The van der Waals surface area contributed by atoms with Crippen molar-refractivity contribution in [2.24, 2.45) is 5.92 Å². The highest BCUT2D eigenvalue weighted by Gasteiger charge is 2.27. The molecule has 1 aliphatic heterocycles. The van der Waals surface area contributed by atoms with Gasteiger partial charge in [0.25, 0.3) is 0 Å². The van der Waals surface area contributed by atoms with Gasteiger partial charge in [-0.25, -0.2) is 0 Å². The topological polar surface area (TPSA) is 66.9 Å². The molecule has 0 unspecified atom stereocenters. The molecule has 1 fully saturated rings. The second-order valence-electron chi connectivity index (χ2n) is 5.01. The van der Waals surface area contributed by atoms with Crippen LogP contribution in [0.15, 0.2) is 12.3 Å². The Hall–Kier alpha value is -1.49. The van der Waals surface area contributed by atoms with Gasteiger partial charge in [-0.2, -0.15) is 0 Å². The molecular weight excluding hydrogens is 226 g/mol. The number of likely N-dealkylation sites (N-methyl/N-ethyl adjacent to an activating group) is 1. The first kappa shape index (κ1) is 13.0. The van der Waals surface area contributed by atoms with Gasteiger partial charge in [0.15, 0.2) is 0 Å². The monoisotopic (exact) mass is 249 g/mol. The van der Waals surface area contributed by atoms with Crippen LogP contribution in [0.2, 0.25) is 0 Å². The van der Waals surface area contributed by atoms with E-state index in [0.717, 1.165) is 24.5 Å². The predicted octanol–water partition coefficient (Wildman–Crippen LogP) is 1.31. The Morgan fingerprint density at radius 1 is 1.56 bits per heavy atom. The molecule has 1 aromatic rings. The van der Waals surface area contributed by atoms with Crippen molar-refractivity contribution in [1.29, 1.82) is 5.41 Å². The molecule has 0 aliphatic carbocycles. The zero-order valence-corrected chi connectivity index (χ0v) is 11.4. The number of aromatic nitrogens is 1. The highest BCUT2D eigenvalue weighted by atomic mass is 15.2. The van der Waals surface area contributed by atoms with Gasteiger partial charge in [0.1, 0.15) is 11.7 Å². The Balaban J connectivity index is 2.13. The Labute approximate surface area is 108 Å². The summed E-state index contributed by atoms with van der Waals surface area (Å²) in [5, 5.41) is 14.9. The maximum absolute atomic E-state index is 8.36. The lowest BCUT2D eigenvalue weighted by Gasteiger charge is -2.38. The van der Waals surface area contributed by atoms with E-state index in [1.165, 1.54) is 6.42 Å². The first-order valence-electron chi connectivity index (χ1n) is 6.52. The van der Waals surface area contributed by atoms with Gasteiger partial charge >= 0.3 is 0 Å². The summed E-state index contributed by atoms with van der Waals surface area (Å²) in [7, 11) is 3.89. The largest absolute Gasteiger partial charge is 0.374 e. The number of piperidine rings is 1. The van der Waals surface area contributed by atoms with E-state index in [-0.39, 0.29) is 0 Å². The van der Waals surface area contributed by atoms with Gasteiger partial charge in [0.05, 0.1) is 5.56 Å². The van der Waals surface area contributed by atoms with Crippen LogP contribution in [0.1, 0.15) is 18.9 Å². The maximum Gasteiger partial charge on any atom is 0.131 e. The van der Waals surface area contributed by atoms with Crippen LogP contribution in [-0.4, -0.2) is 48.9 Å². The molecule has 1 aliphatic rings. The fourth-order valence-corrected chi connectivity index (χ4v) is 2.62. The van der Waals surface area contributed by atoms with Crippen molar-refractivity contribution in [2.75, 3.05) is 32.5 Å². The van der Waals surface area contributed by atoms with E-state index in [2.05, 4.69) is 27.4 Å². The number of rotatable bonds is 3. The van der Waals surface area contributed by atoms with Crippen molar-refractivity contribution in [2.45, 2.75) is 19.4 Å². The summed E-state index contributed by atoms with van der Waals surface area (Å²) >= 11 is 0. The molecule has 0 bridgehead atoms. The van der Waals surface area contributed by atoms with Crippen molar-refractivity contribution < 1.29 is 0 Å². The van der Waals surface area contributed by atoms with Crippen LogP contribution in [0, 0.1) is 11.3 Å². The van der Waals surface area contributed by atoms with Crippen LogP contribution >= 0.6 is 0 Å². The molecule has 1 aromatic heterocycles. The van der Waals surface area contributed by atoms with Crippen LogP contribution in [-0.2, 0) is 0 Å². The molecule has 0 amide bonds. The zero-order chi connectivity index (χ0) is 13.1. The van der Waals surface area contributed by atoms with Gasteiger partial charge in [-0.05, 0) is 24.9 Å². The number of amidine groups is 1. The minimum atomic E-state index is 0.394. The fourth-order valence-electron chi connectivity index (χ4n) is 2.62. The Bertz CT molecular complexity index is 411. The Morgan fingerprint density at radius 3 is 3.00 bits per heavy atom. The van der Waals surface area contributed by atoms with Gasteiger partial charge in [0, 0.05) is 32.9 Å². The van der Waals surface area contributed by atoms with E-state index in [0.29, 0.717) is 17.8 Å². The third kappa shape index (κ3) is 2.36. The summed E-state index contributed by atoms with van der Waals surface area (Å²) in [6.07, 6.45) is 3.04. The molecule has 4 N–H and O–H groups in total. The molecule has 0 aromatic carbocycles. The molecule has 0 radical (unpaired) electrons. The lowest BCUT2D eigenvalue weighted by Crippen LogP contribution is -2.51. The number of nitrogens with one attached hydrogen (secondary N) is 4. The number of hydrogen-bond donors (Lipinski definition) is 4. The normalized spacial score (nSPS) is 23.7. The van der Waals surface area contributed by atoms with Crippen molar-refractivity contribution in [3.8, 4) is 0 Å². The summed E-state index contributed by atoms with van der Waals surface area (Å²) < 4.78 is 0. The van der Waals surface area contributed by atoms with Crippen LogP contribution < -0.4 is 10.6 Å². The van der Waals surface area contributed by atoms with Gasteiger partial charge in [-0.1, -0.05) is 6.92 Å². The van der Waals surface area contributed by atoms with Crippen LogP contribution in [0.5, 0.6) is 0 Å². The molecule has 18 heavy (non-hydrogen) atoms. The van der Waals surface area contributed by atoms with E-state index < -0.39 is 0 Å². The van der Waals surface area contributed by atoms with Gasteiger partial charge in [0.2, 0.25) is 0 Å². The molecule has 1 saturated heterocycles. The van der Waals surface area contributed by atoms with E-state index in [1.807, 2.05) is 26.4 Å². The molecule has 2 atom stereocenters. The standard InChI is InChI=1S/C13H23N5/c1-9-4-6-16-8-11(9)18(3)12(14)10-5-7-17-13(10)15-2/h5,7,9,11,14-17H,4,6,8H2,1-3H3/t9-,11+/m1/s1. The smallest absolute Gasteiger partial charge is 0.131 e. The number of anilines is 1. The van der Waals surface area contributed by atoms with Gasteiger partial charge in [-0.15, -0.1) is 0 Å². The van der Waals surface area contributed by atoms with Crippen molar-refractivity contribution in [3.05, 3.63) is 17.8 Å². The third-order valence-corrected chi connectivity index (χ3v) is 3.89. The van der Waals surface area contributed by atoms with Crippen molar-refractivity contribution >= 4 is 11.7 Å². The number of H-pyrrole nitrogens is 1. The highest BCUT2D eigenvalue weighted by molar-refractivity contribution is 6.00. The molecule has 5 heteroatoms. The quantitative estimate of drug-likeness (QED) is 0.482. The summed E-state index contributed by atoms with van der Waals surface area (Å²) in [6.45, 7) is 4.31. The average molecular weight is 249 g/mol.